The van der Waals surface area contributed by atoms with Crippen molar-refractivity contribution < 1.29 is 18.7 Å². The van der Waals surface area contributed by atoms with Gasteiger partial charge in [-0.05, 0) is 51.5 Å². The first-order valence-corrected chi connectivity index (χ1v) is 13.7. The molecule has 2 heterocycles. The van der Waals surface area contributed by atoms with Gasteiger partial charge < -0.3 is 15.0 Å². The molecule has 2 saturated heterocycles. The lowest BCUT2D eigenvalue weighted by atomic mass is 9.75. The second-order valence-electron chi connectivity index (χ2n) is 11.9. The summed E-state index contributed by atoms with van der Waals surface area (Å²) in [6, 6.07) is 10.3. The minimum absolute atomic E-state index is 0.00941. The van der Waals surface area contributed by atoms with E-state index >= 15 is 0 Å². The van der Waals surface area contributed by atoms with Crippen LogP contribution in [0.5, 0.6) is 0 Å². The van der Waals surface area contributed by atoms with E-state index < -0.39 is 17.2 Å². The van der Waals surface area contributed by atoms with Gasteiger partial charge in [-0.25, -0.2) is 4.39 Å². The highest BCUT2D eigenvalue weighted by molar-refractivity contribution is 5.88. The van der Waals surface area contributed by atoms with Crippen LogP contribution in [0.15, 0.2) is 30.3 Å². The van der Waals surface area contributed by atoms with Gasteiger partial charge in [0.25, 0.3) is 0 Å². The SMILES string of the molecule is CCCC(F)CN1CCC(NC(=O)C2(CC(=O)OC(C)(C)C)CN(Cc3ccccc3)CC2C)CC1. The van der Waals surface area contributed by atoms with Gasteiger partial charge in [0.15, 0.2) is 0 Å². The monoisotopic (exact) mass is 503 g/mol. The Balaban J connectivity index is 1.67. The number of amides is 1. The predicted octanol–water partition coefficient (Wildman–Crippen LogP) is 4.58. The van der Waals surface area contributed by atoms with Crippen LogP contribution in [0.25, 0.3) is 0 Å². The minimum atomic E-state index is -0.834. The van der Waals surface area contributed by atoms with Crippen LogP contribution in [0, 0.1) is 11.3 Å². The molecule has 1 aromatic rings. The maximum Gasteiger partial charge on any atom is 0.307 e. The molecule has 7 heteroatoms. The molecule has 2 fully saturated rings. The molecule has 1 aromatic carbocycles. The number of carbonyl (C=O) groups excluding carboxylic acids is 2. The quantitative estimate of drug-likeness (QED) is 0.474. The second kappa shape index (κ2) is 12.5. The molecular formula is C29H46FN3O3. The molecule has 6 nitrogen and oxygen atoms in total. The first-order chi connectivity index (χ1) is 17.0. The van der Waals surface area contributed by atoms with E-state index in [0.717, 1.165) is 45.4 Å². The molecule has 202 valence electrons. The second-order valence-corrected chi connectivity index (χ2v) is 11.9. The summed E-state index contributed by atoms with van der Waals surface area (Å²) in [6.45, 7) is 13.7. The van der Waals surface area contributed by atoms with Crippen molar-refractivity contribution in [1.82, 2.24) is 15.1 Å². The number of carbonyl (C=O) groups is 2. The van der Waals surface area contributed by atoms with E-state index in [2.05, 4.69) is 34.2 Å². The topological polar surface area (TPSA) is 61.9 Å². The van der Waals surface area contributed by atoms with Crippen molar-refractivity contribution in [2.75, 3.05) is 32.7 Å². The van der Waals surface area contributed by atoms with Gasteiger partial charge in [0, 0.05) is 45.3 Å². The third kappa shape index (κ3) is 8.01. The molecule has 0 spiro atoms. The summed E-state index contributed by atoms with van der Waals surface area (Å²) in [4.78, 5) is 31.3. The van der Waals surface area contributed by atoms with Gasteiger partial charge in [-0.1, -0.05) is 50.6 Å². The lowest BCUT2D eigenvalue weighted by molar-refractivity contribution is -0.161. The van der Waals surface area contributed by atoms with Gasteiger partial charge in [0.2, 0.25) is 5.91 Å². The third-order valence-electron chi connectivity index (χ3n) is 7.54. The summed E-state index contributed by atoms with van der Waals surface area (Å²) >= 11 is 0. The highest BCUT2D eigenvalue weighted by Gasteiger charge is 2.52. The van der Waals surface area contributed by atoms with E-state index in [-0.39, 0.29) is 30.3 Å². The Labute approximate surface area is 216 Å². The van der Waals surface area contributed by atoms with Crippen molar-refractivity contribution in [2.24, 2.45) is 11.3 Å². The number of alkyl halides is 1. The van der Waals surface area contributed by atoms with Gasteiger partial charge in [0.05, 0.1) is 11.8 Å². The fourth-order valence-corrected chi connectivity index (χ4v) is 5.66. The predicted molar refractivity (Wildman–Crippen MR) is 141 cm³/mol. The lowest BCUT2D eigenvalue weighted by Gasteiger charge is -2.37. The molecular weight excluding hydrogens is 457 g/mol. The summed E-state index contributed by atoms with van der Waals surface area (Å²) in [5.41, 5.74) is -0.238. The first kappa shape index (κ1) is 28.6. The highest BCUT2D eigenvalue weighted by Crippen LogP contribution is 2.41. The Morgan fingerprint density at radius 1 is 1.17 bits per heavy atom. The van der Waals surface area contributed by atoms with Crippen molar-refractivity contribution in [1.29, 1.82) is 0 Å². The molecule has 2 aliphatic rings. The van der Waals surface area contributed by atoms with Crippen molar-refractivity contribution in [3.05, 3.63) is 35.9 Å². The van der Waals surface area contributed by atoms with E-state index in [4.69, 9.17) is 4.74 Å². The summed E-state index contributed by atoms with van der Waals surface area (Å²) < 4.78 is 19.7. The number of hydrogen-bond donors (Lipinski definition) is 1. The van der Waals surface area contributed by atoms with Crippen molar-refractivity contribution >= 4 is 11.9 Å². The van der Waals surface area contributed by atoms with Crippen LogP contribution < -0.4 is 5.32 Å². The molecule has 0 aromatic heterocycles. The number of piperidine rings is 1. The van der Waals surface area contributed by atoms with Gasteiger partial charge in [-0.15, -0.1) is 0 Å². The number of halogens is 1. The number of nitrogens with one attached hydrogen (secondary N) is 1. The normalized spacial score (nSPS) is 25.0. The Kier molecular flexibility index (Phi) is 9.93. The van der Waals surface area contributed by atoms with Crippen LogP contribution in [0.2, 0.25) is 0 Å². The van der Waals surface area contributed by atoms with Gasteiger partial charge in [-0.2, -0.15) is 0 Å². The van der Waals surface area contributed by atoms with E-state index in [0.29, 0.717) is 19.5 Å². The summed E-state index contributed by atoms with van der Waals surface area (Å²) in [7, 11) is 0. The van der Waals surface area contributed by atoms with Gasteiger partial charge in [0.1, 0.15) is 11.8 Å². The molecule has 2 aliphatic heterocycles. The fourth-order valence-electron chi connectivity index (χ4n) is 5.66. The largest absolute Gasteiger partial charge is 0.460 e. The zero-order chi connectivity index (χ0) is 26.3. The third-order valence-corrected chi connectivity index (χ3v) is 7.54. The standard InChI is InChI=1S/C29H46FN3O3/c1-6-10-24(30)20-32-15-13-25(14-16-32)31-27(35)29(17-26(34)36-28(3,4)5)21-33(18-22(29)2)19-23-11-8-7-9-12-23/h7-9,11-12,22,24-25H,6,10,13-21H2,1-5H3,(H,31,35). The molecule has 0 bridgehead atoms. The average Bonchev–Trinajstić information content (AvgIpc) is 3.10. The zero-order valence-electron chi connectivity index (χ0n) is 22.9. The van der Waals surface area contributed by atoms with E-state index in [1.807, 2.05) is 45.9 Å². The number of benzene rings is 1. The molecule has 3 atom stereocenters. The summed E-state index contributed by atoms with van der Waals surface area (Å²) in [5.74, 6) is -0.370. The number of rotatable bonds is 10. The molecule has 3 rings (SSSR count). The molecule has 0 radical (unpaired) electrons. The van der Waals surface area contributed by atoms with Gasteiger partial charge >= 0.3 is 5.97 Å². The number of likely N-dealkylation sites (tertiary alicyclic amines) is 2. The Hall–Kier alpha value is -1.99. The molecule has 36 heavy (non-hydrogen) atoms. The van der Waals surface area contributed by atoms with E-state index in [1.165, 1.54) is 5.56 Å². The van der Waals surface area contributed by atoms with Crippen molar-refractivity contribution in [2.45, 2.75) is 91.1 Å². The first-order valence-electron chi connectivity index (χ1n) is 13.7. The van der Waals surface area contributed by atoms with Crippen LogP contribution in [-0.4, -0.2) is 72.2 Å². The Bertz CT molecular complexity index is 851. The number of hydrogen-bond acceptors (Lipinski definition) is 5. The van der Waals surface area contributed by atoms with Crippen LogP contribution in [0.3, 0.4) is 0 Å². The highest BCUT2D eigenvalue weighted by atomic mass is 19.1. The van der Waals surface area contributed by atoms with E-state index in [9.17, 15) is 14.0 Å². The smallest absolute Gasteiger partial charge is 0.307 e. The molecule has 0 saturated carbocycles. The molecule has 1 N–H and O–H groups in total. The minimum Gasteiger partial charge on any atom is -0.460 e. The number of nitrogens with zero attached hydrogens (tertiary/aromatic N) is 2. The maximum absolute atomic E-state index is 14.1. The van der Waals surface area contributed by atoms with Crippen molar-refractivity contribution in [3.63, 3.8) is 0 Å². The molecule has 1 amide bonds. The number of ether oxygens (including phenoxy) is 1. The molecule has 0 aliphatic carbocycles. The lowest BCUT2D eigenvalue weighted by Crippen LogP contribution is -2.53. The summed E-state index contributed by atoms with van der Waals surface area (Å²) in [5, 5.41) is 3.29. The van der Waals surface area contributed by atoms with Crippen LogP contribution in [0.1, 0.15) is 72.3 Å². The molecule has 3 unspecified atom stereocenters. The zero-order valence-corrected chi connectivity index (χ0v) is 22.9. The van der Waals surface area contributed by atoms with Crippen molar-refractivity contribution in [3.8, 4) is 0 Å². The van der Waals surface area contributed by atoms with Crippen LogP contribution >= 0.6 is 0 Å². The number of esters is 1. The Morgan fingerprint density at radius 3 is 2.44 bits per heavy atom. The average molecular weight is 504 g/mol. The summed E-state index contributed by atoms with van der Waals surface area (Å²) in [6.07, 6.45) is 2.34. The van der Waals surface area contributed by atoms with E-state index in [1.54, 1.807) is 0 Å². The fraction of sp³-hybridized carbons (Fsp3) is 0.724. The van der Waals surface area contributed by atoms with Gasteiger partial charge in [-0.3, -0.25) is 14.5 Å². The Morgan fingerprint density at radius 2 is 1.83 bits per heavy atom. The van der Waals surface area contributed by atoms with Crippen LogP contribution in [0.4, 0.5) is 4.39 Å². The van der Waals surface area contributed by atoms with Crippen LogP contribution in [-0.2, 0) is 20.9 Å². The maximum atomic E-state index is 14.1.